The molecule has 1 atom stereocenters. The zero-order valence-electron chi connectivity index (χ0n) is 11.5. The fourth-order valence-electron chi connectivity index (χ4n) is 2.18. The van der Waals surface area contributed by atoms with Crippen LogP contribution in [0.15, 0.2) is 42.7 Å². The third-order valence-electron chi connectivity index (χ3n) is 3.18. The molecule has 0 aliphatic rings. The van der Waals surface area contributed by atoms with Crippen LogP contribution in [0.5, 0.6) is 0 Å². The third kappa shape index (κ3) is 3.12. The van der Waals surface area contributed by atoms with E-state index in [-0.39, 0.29) is 12.2 Å². The summed E-state index contributed by atoms with van der Waals surface area (Å²) >= 11 is 0. The van der Waals surface area contributed by atoms with E-state index in [4.69, 9.17) is 5.26 Å². The van der Waals surface area contributed by atoms with Gasteiger partial charge < -0.3 is 0 Å². The number of carbonyl (C=O) groups is 1. The number of aromatic nitrogens is 2. The van der Waals surface area contributed by atoms with E-state index in [0.29, 0.717) is 5.56 Å². The molecule has 0 spiro atoms. The van der Waals surface area contributed by atoms with Crippen LogP contribution in [0.1, 0.15) is 41.6 Å². The van der Waals surface area contributed by atoms with Gasteiger partial charge in [0.05, 0.1) is 23.7 Å². The SMILES string of the molecule is CCCn1cc(C(=O)C(CC#N)c2ccccc2)cn1. The number of rotatable bonds is 6. The highest BCUT2D eigenvalue weighted by atomic mass is 16.1. The Balaban J connectivity index is 2.25. The molecule has 2 aromatic rings. The number of carbonyl (C=O) groups excluding carboxylic acids is 1. The first-order chi connectivity index (χ1) is 9.76. The zero-order chi connectivity index (χ0) is 14.4. The second-order valence-electron chi connectivity index (χ2n) is 4.68. The van der Waals surface area contributed by atoms with Gasteiger partial charge in [-0.15, -0.1) is 0 Å². The first kappa shape index (κ1) is 14.0. The van der Waals surface area contributed by atoms with Crippen LogP contribution in [-0.4, -0.2) is 15.6 Å². The van der Waals surface area contributed by atoms with E-state index in [2.05, 4.69) is 18.1 Å². The second-order valence-corrected chi connectivity index (χ2v) is 4.68. The molecule has 0 fully saturated rings. The monoisotopic (exact) mass is 267 g/mol. The van der Waals surface area contributed by atoms with Crippen LogP contribution in [0, 0.1) is 11.3 Å². The standard InChI is InChI=1S/C16H17N3O/c1-2-10-19-12-14(11-18-19)16(20)15(8-9-17)13-6-4-3-5-7-13/h3-7,11-12,15H,2,8,10H2,1H3. The molecule has 2 rings (SSSR count). The van der Waals surface area contributed by atoms with Crippen molar-refractivity contribution < 1.29 is 4.79 Å². The summed E-state index contributed by atoms with van der Waals surface area (Å²) in [4.78, 5) is 12.5. The van der Waals surface area contributed by atoms with Crippen LogP contribution in [0.2, 0.25) is 0 Å². The van der Waals surface area contributed by atoms with Crippen LogP contribution in [0.25, 0.3) is 0 Å². The van der Waals surface area contributed by atoms with Gasteiger partial charge >= 0.3 is 0 Å². The first-order valence-electron chi connectivity index (χ1n) is 6.74. The summed E-state index contributed by atoms with van der Waals surface area (Å²) < 4.78 is 1.77. The topological polar surface area (TPSA) is 58.7 Å². The summed E-state index contributed by atoms with van der Waals surface area (Å²) in [7, 11) is 0. The van der Waals surface area contributed by atoms with Crippen LogP contribution in [0.3, 0.4) is 0 Å². The molecule has 1 heterocycles. The molecule has 0 amide bonds. The maximum Gasteiger partial charge on any atom is 0.174 e. The molecule has 4 nitrogen and oxygen atoms in total. The Morgan fingerprint density at radius 1 is 1.40 bits per heavy atom. The lowest BCUT2D eigenvalue weighted by molar-refractivity contribution is 0.0960. The van der Waals surface area contributed by atoms with Crippen LogP contribution in [0.4, 0.5) is 0 Å². The Bertz CT molecular complexity index is 610. The molecule has 0 bridgehead atoms. The van der Waals surface area contributed by atoms with Crippen molar-refractivity contribution in [2.24, 2.45) is 0 Å². The highest BCUT2D eigenvalue weighted by molar-refractivity contribution is 6.00. The second kappa shape index (κ2) is 6.67. The van der Waals surface area contributed by atoms with Gasteiger partial charge in [-0.1, -0.05) is 37.3 Å². The van der Waals surface area contributed by atoms with Crippen molar-refractivity contribution in [1.82, 2.24) is 9.78 Å². The molecule has 1 aromatic carbocycles. The van der Waals surface area contributed by atoms with Crippen molar-refractivity contribution in [1.29, 1.82) is 5.26 Å². The molecule has 20 heavy (non-hydrogen) atoms. The molecule has 0 saturated carbocycles. The number of hydrogen-bond acceptors (Lipinski definition) is 3. The van der Waals surface area contributed by atoms with Gasteiger partial charge in [-0.05, 0) is 12.0 Å². The molecule has 102 valence electrons. The minimum atomic E-state index is -0.416. The lowest BCUT2D eigenvalue weighted by Gasteiger charge is -2.11. The van der Waals surface area contributed by atoms with E-state index < -0.39 is 5.92 Å². The number of nitrogens with zero attached hydrogens (tertiary/aromatic N) is 3. The van der Waals surface area contributed by atoms with Crippen molar-refractivity contribution in [3.05, 3.63) is 53.9 Å². The Labute approximate surface area is 118 Å². The summed E-state index contributed by atoms with van der Waals surface area (Å²) in [5.41, 5.74) is 1.45. The van der Waals surface area contributed by atoms with Crippen molar-refractivity contribution in [2.75, 3.05) is 0 Å². The Morgan fingerprint density at radius 2 is 2.15 bits per heavy atom. The van der Waals surface area contributed by atoms with Gasteiger partial charge in [-0.2, -0.15) is 10.4 Å². The van der Waals surface area contributed by atoms with Gasteiger partial charge in [0.15, 0.2) is 5.78 Å². The van der Waals surface area contributed by atoms with Gasteiger partial charge in [0.2, 0.25) is 0 Å². The first-order valence-corrected chi connectivity index (χ1v) is 6.74. The summed E-state index contributed by atoms with van der Waals surface area (Å²) in [6.07, 6.45) is 4.50. The number of benzene rings is 1. The number of hydrogen-bond donors (Lipinski definition) is 0. The van der Waals surface area contributed by atoms with Gasteiger partial charge in [0.1, 0.15) is 0 Å². The van der Waals surface area contributed by atoms with Gasteiger partial charge in [0.25, 0.3) is 0 Å². The van der Waals surface area contributed by atoms with Gasteiger partial charge in [-0.3, -0.25) is 9.48 Å². The summed E-state index contributed by atoms with van der Waals surface area (Å²) in [5, 5.41) is 13.1. The van der Waals surface area contributed by atoms with E-state index in [0.717, 1.165) is 18.5 Å². The lowest BCUT2D eigenvalue weighted by Crippen LogP contribution is -2.12. The van der Waals surface area contributed by atoms with Crippen molar-refractivity contribution in [2.45, 2.75) is 32.2 Å². The largest absolute Gasteiger partial charge is 0.293 e. The Kier molecular flexibility index (Phi) is 4.67. The normalized spacial score (nSPS) is 11.8. The molecular weight excluding hydrogens is 250 g/mol. The molecule has 1 unspecified atom stereocenters. The van der Waals surface area contributed by atoms with Gasteiger partial charge in [-0.25, -0.2) is 0 Å². The molecule has 4 heteroatoms. The summed E-state index contributed by atoms with van der Waals surface area (Å²) in [6.45, 7) is 2.85. The maximum absolute atomic E-state index is 12.5. The minimum absolute atomic E-state index is 0.0416. The molecule has 0 aliphatic heterocycles. The minimum Gasteiger partial charge on any atom is -0.293 e. The molecular formula is C16H17N3O. The van der Waals surface area contributed by atoms with Gasteiger partial charge in [0, 0.05) is 19.2 Å². The van der Waals surface area contributed by atoms with Crippen molar-refractivity contribution >= 4 is 5.78 Å². The van der Waals surface area contributed by atoms with Crippen LogP contribution in [-0.2, 0) is 6.54 Å². The van der Waals surface area contributed by atoms with E-state index in [1.54, 1.807) is 17.1 Å². The fraction of sp³-hybridized carbons (Fsp3) is 0.312. The molecule has 0 N–H and O–H groups in total. The van der Waals surface area contributed by atoms with E-state index in [1.165, 1.54) is 0 Å². The molecule has 0 aliphatic carbocycles. The van der Waals surface area contributed by atoms with Crippen molar-refractivity contribution in [3.63, 3.8) is 0 Å². The Hall–Kier alpha value is -2.41. The van der Waals surface area contributed by atoms with Crippen LogP contribution >= 0.6 is 0 Å². The molecule has 0 radical (unpaired) electrons. The van der Waals surface area contributed by atoms with E-state index in [9.17, 15) is 4.79 Å². The highest BCUT2D eigenvalue weighted by Gasteiger charge is 2.22. The van der Waals surface area contributed by atoms with E-state index in [1.807, 2.05) is 30.3 Å². The number of nitriles is 1. The number of Topliss-reactive ketones (excluding diaryl/α,β-unsaturated/α-hetero) is 1. The summed E-state index contributed by atoms with van der Waals surface area (Å²) in [6, 6.07) is 11.5. The molecule has 0 saturated heterocycles. The van der Waals surface area contributed by atoms with E-state index >= 15 is 0 Å². The third-order valence-corrected chi connectivity index (χ3v) is 3.18. The van der Waals surface area contributed by atoms with Crippen LogP contribution < -0.4 is 0 Å². The fourth-order valence-corrected chi connectivity index (χ4v) is 2.18. The number of ketones is 1. The Morgan fingerprint density at radius 3 is 2.80 bits per heavy atom. The lowest BCUT2D eigenvalue weighted by atomic mass is 9.89. The predicted molar refractivity (Wildman–Crippen MR) is 76.3 cm³/mol. The van der Waals surface area contributed by atoms with Crippen molar-refractivity contribution in [3.8, 4) is 6.07 Å². The average molecular weight is 267 g/mol. The molecule has 1 aromatic heterocycles. The summed E-state index contributed by atoms with van der Waals surface area (Å²) in [5.74, 6) is -0.458. The average Bonchev–Trinajstić information content (AvgIpc) is 2.94. The zero-order valence-corrected chi connectivity index (χ0v) is 11.5. The predicted octanol–water partition coefficient (Wildman–Crippen LogP) is 3.17. The maximum atomic E-state index is 12.5. The highest BCUT2D eigenvalue weighted by Crippen LogP contribution is 2.23. The number of aryl methyl sites for hydroxylation is 1. The quantitative estimate of drug-likeness (QED) is 0.755. The smallest absolute Gasteiger partial charge is 0.174 e.